The Morgan fingerprint density at radius 2 is 1.95 bits per heavy atom. The van der Waals surface area contributed by atoms with Crippen LogP contribution in [0.3, 0.4) is 0 Å². The van der Waals surface area contributed by atoms with Crippen LogP contribution in [-0.4, -0.2) is 80.7 Å². The van der Waals surface area contributed by atoms with Crippen LogP contribution in [0.2, 0.25) is 0 Å². The highest BCUT2D eigenvalue weighted by molar-refractivity contribution is 6.04. The summed E-state index contributed by atoms with van der Waals surface area (Å²) < 4.78 is 13.0. The maximum Gasteiger partial charge on any atom is 0.410 e. The molecule has 12 heteroatoms. The Morgan fingerprint density at radius 1 is 1.18 bits per heavy atom. The molecular formula is C28H38N8O4. The highest BCUT2D eigenvalue weighted by Crippen LogP contribution is 2.37. The lowest BCUT2D eigenvalue weighted by Crippen LogP contribution is -2.62. The third-order valence-electron chi connectivity index (χ3n) is 7.05. The Hall–Kier alpha value is -4.09. The second-order valence-corrected chi connectivity index (χ2v) is 11.8. The van der Waals surface area contributed by atoms with Crippen molar-refractivity contribution in [3.8, 4) is 5.88 Å². The molecule has 1 fully saturated rings. The van der Waals surface area contributed by atoms with Gasteiger partial charge >= 0.3 is 12.1 Å². The van der Waals surface area contributed by atoms with Crippen molar-refractivity contribution in [1.29, 1.82) is 0 Å². The average Bonchev–Trinajstić information content (AvgIpc) is 3.44. The van der Waals surface area contributed by atoms with E-state index >= 15 is 0 Å². The number of pyridine rings is 2. The first kappa shape index (κ1) is 27.5. The molecule has 5 rings (SSSR count). The van der Waals surface area contributed by atoms with Gasteiger partial charge in [0.05, 0.1) is 12.1 Å². The minimum absolute atomic E-state index is 0.301. The molecule has 1 N–H and O–H groups in total. The highest BCUT2D eigenvalue weighted by Gasteiger charge is 2.40. The molecule has 0 aliphatic carbocycles. The minimum atomic E-state index is -0.552. The fourth-order valence-electron chi connectivity index (χ4n) is 5.36. The predicted molar refractivity (Wildman–Crippen MR) is 153 cm³/mol. The number of urea groups is 1. The van der Waals surface area contributed by atoms with Crippen LogP contribution in [0.1, 0.15) is 47.1 Å². The van der Waals surface area contributed by atoms with Gasteiger partial charge in [-0.3, -0.25) is 14.5 Å². The zero-order valence-electron chi connectivity index (χ0n) is 24.3. The fraction of sp³-hybridized carbons (Fsp3) is 0.536. The molecule has 12 nitrogen and oxygen atoms in total. The van der Waals surface area contributed by atoms with Crippen molar-refractivity contribution in [3.63, 3.8) is 0 Å². The molecule has 0 bridgehead atoms. The standard InChI is InChI=1S/C28H38N8O4/c1-8-39-24-20(15-18-16-33(7)32-22(18)31-24)30-25(37)35-12-10-19-21(9-11-29-23(19)35)34-13-14-36(28(5,6)17-34)26(38)40-27(2,3)4/h9,11,15-16H,8,10,12-14,17H2,1-7H3,(H,30,37). The van der Waals surface area contributed by atoms with E-state index < -0.39 is 11.1 Å². The second-order valence-electron chi connectivity index (χ2n) is 11.8. The predicted octanol–water partition coefficient (Wildman–Crippen LogP) is 4.19. The number of anilines is 3. The van der Waals surface area contributed by atoms with E-state index in [9.17, 15) is 9.59 Å². The first-order valence-electron chi connectivity index (χ1n) is 13.7. The molecule has 0 radical (unpaired) electrons. The molecule has 0 unspecified atom stereocenters. The monoisotopic (exact) mass is 550 g/mol. The number of rotatable bonds is 4. The first-order chi connectivity index (χ1) is 18.9. The summed E-state index contributed by atoms with van der Waals surface area (Å²) in [5.41, 5.74) is 2.09. The van der Waals surface area contributed by atoms with Crippen LogP contribution in [0.5, 0.6) is 5.88 Å². The number of hydrogen-bond donors (Lipinski definition) is 1. The number of piperazine rings is 1. The number of fused-ring (bicyclic) bond motifs is 2. The summed E-state index contributed by atoms with van der Waals surface area (Å²) >= 11 is 0. The van der Waals surface area contributed by atoms with Crippen LogP contribution in [-0.2, 0) is 18.2 Å². The Labute approximate surface area is 234 Å². The van der Waals surface area contributed by atoms with Gasteiger partial charge in [0.2, 0.25) is 5.88 Å². The number of aryl methyl sites for hydroxylation is 1. The topological polar surface area (TPSA) is 118 Å². The van der Waals surface area contributed by atoms with Crippen LogP contribution < -0.4 is 19.9 Å². The Kier molecular flexibility index (Phi) is 6.97. The van der Waals surface area contributed by atoms with Crippen molar-refractivity contribution in [1.82, 2.24) is 24.6 Å². The third-order valence-corrected chi connectivity index (χ3v) is 7.05. The van der Waals surface area contributed by atoms with Crippen molar-refractivity contribution in [2.45, 2.75) is 59.1 Å². The van der Waals surface area contributed by atoms with E-state index in [4.69, 9.17) is 9.47 Å². The molecule has 1 saturated heterocycles. The van der Waals surface area contributed by atoms with Crippen molar-refractivity contribution >= 4 is 40.4 Å². The van der Waals surface area contributed by atoms with Gasteiger partial charge in [-0.2, -0.15) is 10.1 Å². The molecule has 3 aromatic rings. The van der Waals surface area contributed by atoms with E-state index in [0.717, 1.165) is 16.6 Å². The zero-order chi connectivity index (χ0) is 28.8. The van der Waals surface area contributed by atoms with Gasteiger partial charge < -0.3 is 19.7 Å². The van der Waals surface area contributed by atoms with E-state index in [1.165, 1.54) is 0 Å². The number of amides is 3. The normalized spacial score (nSPS) is 16.7. The second kappa shape index (κ2) is 10.1. The molecule has 214 valence electrons. The van der Waals surface area contributed by atoms with Crippen LogP contribution in [0.4, 0.5) is 26.8 Å². The zero-order valence-corrected chi connectivity index (χ0v) is 24.3. The van der Waals surface area contributed by atoms with Gasteiger partial charge in [0.1, 0.15) is 17.1 Å². The number of hydrogen-bond acceptors (Lipinski definition) is 8. The molecule has 5 heterocycles. The Morgan fingerprint density at radius 3 is 2.65 bits per heavy atom. The van der Waals surface area contributed by atoms with Crippen LogP contribution in [0.25, 0.3) is 11.0 Å². The van der Waals surface area contributed by atoms with Crippen molar-refractivity contribution < 1.29 is 19.1 Å². The molecule has 40 heavy (non-hydrogen) atoms. The van der Waals surface area contributed by atoms with Gasteiger partial charge in [-0.25, -0.2) is 14.6 Å². The lowest BCUT2D eigenvalue weighted by atomic mass is 9.98. The number of ether oxygens (including phenoxy) is 2. The number of nitrogens with zero attached hydrogens (tertiary/aromatic N) is 7. The molecular weight excluding hydrogens is 512 g/mol. The summed E-state index contributed by atoms with van der Waals surface area (Å²) in [6.07, 6.45) is 3.96. The summed E-state index contributed by atoms with van der Waals surface area (Å²) in [6.45, 7) is 14.3. The maximum absolute atomic E-state index is 13.5. The van der Waals surface area contributed by atoms with E-state index in [2.05, 4.69) is 25.3 Å². The largest absolute Gasteiger partial charge is 0.476 e. The Balaban J connectivity index is 1.35. The summed E-state index contributed by atoms with van der Waals surface area (Å²) in [7, 11) is 1.82. The van der Waals surface area contributed by atoms with Crippen LogP contribution >= 0.6 is 0 Å². The molecule has 0 spiro atoms. The van der Waals surface area contributed by atoms with E-state index in [-0.39, 0.29) is 12.1 Å². The number of aromatic nitrogens is 4. The summed E-state index contributed by atoms with van der Waals surface area (Å²) in [4.78, 5) is 41.2. The molecule has 2 aliphatic rings. The molecule has 0 atom stereocenters. The van der Waals surface area contributed by atoms with Crippen molar-refractivity contribution in [2.24, 2.45) is 7.05 Å². The lowest BCUT2D eigenvalue weighted by molar-refractivity contribution is 0.000362. The fourth-order valence-corrected chi connectivity index (χ4v) is 5.36. The SMILES string of the molecule is CCOc1nc2nn(C)cc2cc1NC(=O)N1CCc2c(N3CCN(C(=O)OC(C)(C)C)C(C)(C)C3)ccnc21. The molecule has 2 aliphatic heterocycles. The Bertz CT molecular complexity index is 1440. The maximum atomic E-state index is 13.5. The highest BCUT2D eigenvalue weighted by atomic mass is 16.6. The molecule has 3 aromatic heterocycles. The van der Waals surface area contributed by atoms with Gasteiger partial charge in [-0.05, 0) is 60.1 Å². The lowest BCUT2D eigenvalue weighted by Gasteiger charge is -2.48. The van der Waals surface area contributed by atoms with Gasteiger partial charge in [-0.15, -0.1) is 0 Å². The van der Waals surface area contributed by atoms with Crippen molar-refractivity contribution in [3.05, 3.63) is 30.1 Å². The van der Waals surface area contributed by atoms with E-state index in [0.29, 0.717) is 62.2 Å². The quantitative estimate of drug-likeness (QED) is 0.514. The summed E-state index contributed by atoms with van der Waals surface area (Å²) in [6, 6.07) is 3.52. The first-order valence-corrected chi connectivity index (χ1v) is 13.7. The van der Waals surface area contributed by atoms with Crippen molar-refractivity contribution in [2.75, 3.05) is 47.9 Å². The minimum Gasteiger partial charge on any atom is -0.476 e. The molecule has 3 amide bonds. The molecule has 0 aromatic carbocycles. The van der Waals surface area contributed by atoms with E-state index in [1.54, 1.807) is 20.7 Å². The van der Waals surface area contributed by atoms with Gasteiger partial charge in [0.25, 0.3) is 0 Å². The number of nitrogens with one attached hydrogen (secondary N) is 1. The third kappa shape index (κ3) is 5.34. The van der Waals surface area contributed by atoms with Crippen LogP contribution in [0.15, 0.2) is 24.5 Å². The number of carbonyl (C=O) groups excluding carboxylic acids is 2. The molecule has 0 saturated carbocycles. The smallest absolute Gasteiger partial charge is 0.410 e. The van der Waals surface area contributed by atoms with E-state index in [1.807, 2.05) is 66.9 Å². The van der Waals surface area contributed by atoms with Crippen LogP contribution in [0, 0.1) is 0 Å². The number of carbonyl (C=O) groups is 2. The summed E-state index contributed by atoms with van der Waals surface area (Å²) in [5, 5.41) is 8.12. The van der Waals surface area contributed by atoms with Gasteiger partial charge in [0.15, 0.2) is 5.65 Å². The average molecular weight is 551 g/mol. The van der Waals surface area contributed by atoms with Gasteiger partial charge in [0, 0.05) is 62.3 Å². The van der Waals surface area contributed by atoms with Gasteiger partial charge in [-0.1, -0.05) is 0 Å². The summed E-state index contributed by atoms with van der Waals surface area (Å²) in [5.74, 6) is 0.962.